The molecule has 0 saturated carbocycles. The Labute approximate surface area is 193 Å². The summed E-state index contributed by atoms with van der Waals surface area (Å²) in [6, 6.07) is 44.8. The Kier molecular flexibility index (Phi) is 4.75. The fourth-order valence-electron chi connectivity index (χ4n) is 4.72. The van der Waals surface area contributed by atoms with Gasteiger partial charge < -0.3 is 0 Å². The second-order valence-electron chi connectivity index (χ2n) is 8.17. The lowest BCUT2D eigenvalue weighted by Crippen LogP contribution is -2.21. The zero-order valence-corrected chi connectivity index (χ0v) is 18.9. The summed E-state index contributed by atoms with van der Waals surface area (Å²) in [7, 11) is -3.25. The highest BCUT2D eigenvalue weighted by molar-refractivity contribution is 7.77. The van der Waals surface area contributed by atoms with E-state index in [-0.39, 0.29) is 0 Å². The summed E-state index contributed by atoms with van der Waals surface area (Å²) in [6.07, 6.45) is 0. The van der Waals surface area contributed by atoms with Crippen LogP contribution in [0.15, 0.2) is 133 Å². The molecule has 0 amide bonds. The summed E-state index contributed by atoms with van der Waals surface area (Å²) in [5, 5.41) is 3.87. The highest BCUT2D eigenvalue weighted by Gasteiger charge is 2.33. The molecule has 3 heteroatoms. The number of hydrogen-bond acceptors (Lipinski definition) is 1. The van der Waals surface area contributed by atoms with E-state index in [0.717, 1.165) is 43.5 Å². The van der Waals surface area contributed by atoms with Gasteiger partial charge in [-0.05, 0) is 47.5 Å². The van der Waals surface area contributed by atoms with Crippen LogP contribution < -0.4 is 10.6 Å². The minimum absolute atomic E-state index is 0.821. The molecular formula is C30H22NOP. The minimum atomic E-state index is -3.25. The first kappa shape index (κ1) is 19.8. The van der Waals surface area contributed by atoms with Gasteiger partial charge in [-0.3, -0.25) is 8.90 Å². The van der Waals surface area contributed by atoms with Crippen molar-refractivity contribution in [3.63, 3.8) is 0 Å². The highest BCUT2D eigenvalue weighted by Crippen LogP contribution is 2.51. The van der Waals surface area contributed by atoms with Crippen molar-refractivity contribution in [3.05, 3.63) is 133 Å². The summed E-state index contributed by atoms with van der Waals surface area (Å²) in [6.45, 7) is 0. The van der Waals surface area contributed by atoms with Crippen LogP contribution in [0.1, 0.15) is 0 Å². The Morgan fingerprint density at radius 1 is 0.455 bits per heavy atom. The first-order valence-electron chi connectivity index (χ1n) is 11.1. The van der Waals surface area contributed by atoms with E-state index >= 15 is 4.57 Å². The maximum absolute atomic E-state index is 15.5. The standard InChI is InChI=1S/C30H22NOP/c32-33(25-15-5-2-6-16-25,26-17-11-14-24(22-26)23-12-3-1-4-13-23)31-29-20-9-7-18-27(29)28-19-8-10-21-30(28)31/h1-22H. The molecule has 0 aliphatic carbocycles. The Balaban J connectivity index is 1.72. The van der Waals surface area contributed by atoms with E-state index in [1.165, 1.54) is 0 Å². The van der Waals surface area contributed by atoms with Crippen LogP contribution in [0.2, 0.25) is 0 Å². The van der Waals surface area contributed by atoms with Crippen molar-refractivity contribution >= 4 is 39.7 Å². The van der Waals surface area contributed by atoms with Crippen LogP contribution >= 0.6 is 7.29 Å². The smallest absolute Gasteiger partial charge is 0.234 e. The highest BCUT2D eigenvalue weighted by atomic mass is 31.2. The molecule has 0 spiro atoms. The molecule has 0 radical (unpaired) electrons. The molecule has 0 saturated heterocycles. The molecule has 2 nitrogen and oxygen atoms in total. The number of aromatic nitrogens is 1. The van der Waals surface area contributed by atoms with E-state index in [9.17, 15) is 0 Å². The van der Waals surface area contributed by atoms with Crippen molar-refractivity contribution in [2.24, 2.45) is 0 Å². The molecule has 0 fully saturated rings. The second kappa shape index (κ2) is 7.92. The SMILES string of the molecule is O=P(c1ccccc1)(c1cccc(-c2ccccc2)c1)n1c2ccccc2c2ccccc21. The van der Waals surface area contributed by atoms with E-state index in [1.807, 2.05) is 84.9 Å². The molecule has 1 atom stereocenters. The van der Waals surface area contributed by atoms with Gasteiger partial charge in [0.1, 0.15) is 0 Å². The number of benzene rings is 5. The lowest BCUT2D eigenvalue weighted by molar-refractivity contribution is 0.583. The van der Waals surface area contributed by atoms with E-state index in [2.05, 4.69) is 52.9 Å². The van der Waals surface area contributed by atoms with Crippen molar-refractivity contribution in [1.82, 2.24) is 4.34 Å². The molecule has 0 aliphatic rings. The first-order chi connectivity index (χ1) is 16.3. The molecule has 6 aromatic rings. The largest absolute Gasteiger partial charge is 0.290 e. The van der Waals surface area contributed by atoms with Gasteiger partial charge in [-0.1, -0.05) is 97.1 Å². The fraction of sp³-hybridized carbons (Fsp3) is 0. The summed E-state index contributed by atoms with van der Waals surface area (Å²) < 4.78 is 17.5. The zero-order chi connectivity index (χ0) is 22.3. The summed E-state index contributed by atoms with van der Waals surface area (Å²) in [5.74, 6) is 0. The molecule has 5 aromatic carbocycles. The predicted octanol–water partition coefficient (Wildman–Crippen LogP) is 7.24. The van der Waals surface area contributed by atoms with Crippen LogP contribution in [0.3, 0.4) is 0 Å². The molecule has 0 bridgehead atoms. The number of nitrogens with zero attached hydrogens (tertiary/aromatic N) is 1. The minimum Gasteiger partial charge on any atom is -0.290 e. The average Bonchev–Trinajstić information content (AvgIpc) is 3.24. The van der Waals surface area contributed by atoms with Crippen LogP contribution in [0, 0.1) is 0 Å². The third-order valence-electron chi connectivity index (χ3n) is 6.25. The molecule has 0 aliphatic heterocycles. The van der Waals surface area contributed by atoms with E-state index < -0.39 is 7.29 Å². The van der Waals surface area contributed by atoms with E-state index in [1.54, 1.807) is 0 Å². The molecule has 1 aromatic heterocycles. The summed E-state index contributed by atoms with van der Waals surface area (Å²) in [4.78, 5) is 0. The van der Waals surface area contributed by atoms with Crippen molar-refractivity contribution in [2.45, 2.75) is 0 Å². The molecule has 0 N–H and O–H groups in total. The maximum Gasteiger partial charge on any atom is 0.234 e. The van der Waals surface area contributed by atoms with Crippen molar-refractivity contribution in [2.75, 3.05) is 0 Å². The van der Waals surface area contributed by atoms with Gasteiger partial charge in [0.25, 0.3) is 0 Å². The van der Waals surface area contributed by atoms with Gasteiger partial charge in [0.05, 0.1) is 11.0 Å². The molecule has 33 heavy (non-hydrogen) atoms. The van der Waals surface area contributed by atoms with Crippen LogP contribution in [0.5, 0.6) is 0 Å². The van der Waals surface area contributed by atoms with E-state index in [0.29, 0.717) is 0 Å². The van der Waals surface area contributed by atoms with Gasteiger partial charge in [0.2, 0.25) is 7.29 Å². The first-order valence-corrected chi connectivity index (χ1v) is 12.7. The van der Waals surface area contributed by atoms with Gasteiger partial charge >= 0.3 is 0 Å². The molecule has 1 unspecified atom stereocenters. The van der Waals surface area contributed by atoms with Gasteiger partial charge in [-0.15, -0.1) is 0 Å². The van der Waals surface area contributed by atoms with Gasteiger partial charge in [0.15, 0.2) is 0 Å². The third kappa shape index (κ3) is 3.15. The summed E-state index contributed by atoms with van der Waals surface area (Å²) >= 11 is 0. The normalized spacial score (nSPS) is 13.2. The van der Waals surface area contributed by atoms with Crippen LogP contribution in [-0.2, 0) is 4.57 Å². The van der Waals surface area contributed by atoms with Crippen molar-refractivity contribution < 1.29 is 4.57 Å². The zero-order valence-electron chi connectivity index (χ0n) is 18.0. The number of fused-ring (bicyclic) bond motifs is 3. The van der Waals surface area contributed by atoms with Gasteiger partial charge in [-0.25, -0.2) is 0 Å². The Hall–Kier alpha value is -3.87. The Bertz CT molecular complexity index is 1580. The topological polar surface area (TPSA) is 22.0 Å². The van der Waals surface area contributed by atoms with Crippen LogP contribution in [-0.4, -0.2) is 4.34 Å². The van der Waals surface area contributed by atoms with Gasteiger partial charge in [0, 0.05) is 21.4 Å². The quantitative estimate of drug-likeness (QED) is 0.263. The van der Waals surface area contributed by atoms with Crippen LogP contribution in [0.4, 0.5) is 0 Å². The lowest BCUT2D eigenvalue weighted by atomic mass is 10.1. The maximum atomic E-state index is 15.5. The average molecular weight is 443 g/mol. The molecule has 6 rings (SSSR count). The second-order valence-corrected chi connectivity index (χ2v) is 10.8. The molecule has 1 heterocycles. The van der Waals surface area contributed by atoms with Crippen molar-refractivity contribution in [3.8, 4) is 11.1 Å². The molecular weight excluding hydrogens is 421 g/mol. The third-order valence-corrected chi connectivity index (χ3v) is 9.22. The lowest BCUT2D eigenvalue weighted by Gasteiger charge is -2.24. The monoisotopic (exact) mass is 443 g/mol. The van der Waals surface area contributed by atoms with Crippen LogP contribution in [0.25, 0.3) is 32.9 Å². The number of rotatable bonds is 4. The Morgan fingerprint density at radius 3 is 1.58 bits per heavy atom. The predicted molar refractivity (Wildman–Crippen MR) is 140 cm³/mol. The molecule has 158 valence electrons. The Morgan fingerprint density at radius 2 is 0.939 bits per heavy atom. The number of hydrogen-bond donors (Lipinski definition) is 0. The summed E-state index contributed by atoms with van der Waals surface area (Å²) in [5.41, 5.74) is 4.14. The van der Waals surface area contributed by atoms with Gasteiger partial charge in [-0.2, -0.15) is 0 Å². The fourth-order valence-corrected chi connectivity index (χ4v) is 7.61. The number of para-hydroxylation sites is 2. The van der Waals surface area contributed by atoms with Crippen molar-refractivity contribution in [1.29, 1.82) is 0 Å². The van der Waals surface area contributed by atoms with E-state index in [4.69, 9.17) is 0 Å².